The lowest BCUT2D eigenvalue weighted by atomic mass is 9.94. The monoisotopic (exact) mass is 275 g/mol. The summed E-state index contributed by atoms with van der Waals surface area (Å²) in [6.07, 6.45) is 2.05. The summed E-state index contributed by atoms with van der Waals surface area (Å²) in [7, 11) is 2.12. The molecule has 0 bridgehead atoms. The minimum absolute atomic E-state index is 0.0657. The minimum Gasteiger partial charge on any atom is -0.353 e. The molecule has 3 N–H and O–H groups in total. The number of nitrogens with two attached hydrogens (primary N) is 1. The molecule has 20 heavy (non-hydrogen) atoms. The van der Waals surface area contributed by atoms with E-state index in [1.54, 1.807) is 0 Å². The molecule has 4 nitrogen and oxygen atoms in total. The lowest BCUT2D eigenvalue weighted by Crippen LogP contribution is -2.46. The van der Waals surface area contributed by atoms with Crippen LogP contribution in [0, 0.1) is 5.92 Å². The van der Waals surface area contributed by atoms with Crippen LogP contribution < -0.4 is 11.1 Å². The molecule has 1 heterocycles. The van der Waals surface area contributed by atoms with E-state index in [-0.39, 0.29) is 17.9 Å². The second kappa shape index (κ2) is 6.86. The third kappa shape index (κ3) is 3.81. The number of piperidine rings is 1. The number of amides is 1. The SMILES string of the molecule is CC(C(=O)NC1CCN(C)CC1)C(N)c1ccccc1. The van der Waals surface area contributed by atoms with Crippen LogP contribution >= 0.6 is 0 Å². The number of carbonyl (C=O) groups is 1. The van der Waals surface area contributed by atoms with Gasteiger partial charge in [-0.3, -0.25) is 4.79 Å². The molecule has 110 valence electrons. The fourth-order valence-corrected chi connectivity index (χ4v) is 2.61. The van der Waals surface area contributed by atoms with Crippen LogP contribution in [0.5, 0.6) is 0 Å². The van der Waals surface area contributed by atoms with Gasteiger partial charge in [0.1, 0.15) is 0 Å². The quantitative estimate of drug-likeness (QED) is 0.876. The van der Waals surface area contributed by atoms with Gasteiger partial charge in [-0.2, -0.15) is 0 Å². The summed E-state index contributed by atoms with van der Waals surface area (Å²) in [5.41, 5.74) is 7.21. The highest BCUT2D eigenvalue weighted by atomic mass is 16.2. The van der Waals surface area contributed by atoms with Gasteiger partial charge in [0.15, 0.2) is 0 Å². The molecular formula is C16H25N3O. The predicted octanol–water partition coefficient (Wildman–Crippen LogP) is 1.53. The van der Waals surface area contributed by atoms with Crippen molar-refractivity contribution in [1.82, 2.24) is 10.2 Å². The van der Waals surface area contributed by atoms with E-state index in [0.717, 1.165) is 31.5 Å². The largest absolute Gasteiger partial charge is 0.353 e. The summed E-state index contributed by atoms with van der Waals surface area (Å²) in [6, 6.07) is 9.87. The predicted molar refractivity (Wildman–Crippen MR) is 81.2 cm³/mol. The number of hydrogen-bond acceptors (Lipinski definition) is 3. The molecule has 0 aliphatic carbocycles. The highest BCUT2D eigenvalue weighted by Crippen LogP contribution is 2.20. The number of rotatable bonds is 4. The van der Waals surface area contributed by atoms with Crippen LogP contribution in [0.4, 0.5) is 0 Å². The number of likely N-dealkylation sites (tertiary alicyclic amines) is 1. The summed E-state index contributed by atoms with van der Waals surface area (Å²) in [5, 5.41) is 3.14. The molecule has 0 radical (unpaired) electrons. The van der Waals surface area contributed by atoms with Crippen molar-refractivity contribution in [3.63, 3.8) is 0 Å². The lowest BCUT2D eigenvalue weighted by Gasteiger charge is -2.31. The first-order valence-corrected chi connectivity index (χ1v) is 7.37. The number of benzene rings is 1. The summed E-state index contributed by atoms with van der Waals surface area (Å²) in [4.78, 5) is 14.6. The van der Waals surface area contributed by atoms with Crippen LogP contribution in [0.2, 0.25) is 0 Å². The van der Waals surface area contributed by atoms with Crippen LogP contribution in [0.3, 0.4) is 0 Å². The van der Waals surface area contributed by atoms with Crippen LogP contribution in [0.15, 0.2) is 30.3 Å². The number of nitrogens with one attached hydrogen (secondary N) is 1. The summed E-state index contributed by atoms with van der Waals surface area (Å²) >= 11 is 0. The molecule has 4 heteroatoms. The molecular weight excluding hydrogens is 250 g/mol. The molecule has 1 fully saturated rings. The Bertz CT molecular complexity index is 427. The van der Waals surface area contributed by atoms with Gasteiger partial charge in [0, 0.05) is 12.1 Å². The van der Waals surface area contributed by atoms with Crippen molar-refractivity contribution in [2.75, 3.05) is 20.1 Å². The molecule has 1 aliphatic rings. The Balaban J connectivity index is 1.88. The Morgan fingerprint density at radius 3 is 2.50 bits per heavy atom. The second-order valence-electron chi connectivity index (χ2n) is 5.81. The Kier molecular flexibility index (Phi) is 5.15. The van der Waals surface area contributed by atoms with Gasteiger partial charge in [-0.1, -0.05) is 37.3 Å². The van der Waals surface area contributed by atoms with Gasteiger partial charge in [-0.25, -0.2) is 0 Å². The minimum atomic E-state index is -0.248. The lowest BCUT2D eigenvalue weighted by molar-refractivity contribution is -0.126. The van der Waals surface area contributed by atoms with E-state index >= 15 is 0 Å². The molecule has 1 aromatic carbocycles. The zero-order chi connectivity index (χ0) is 14.5. The summed E-state index contributed by atoms with van der Waals surface area (Å²) < 4.78 is 0. The molecule has 1 saturated heterocycles. The fraction of sp³-hybridized carbons (Fsp3) is 0.562. The standard InChI is InChI=1S/C16H25N3O/c1-12(15(17)13-6-4-3-5-7-13)16(20)18-14-8-10-19(2)11-9-14/h3-7,12,14-15H,8-11,17H2,1-2H3,(H,18,20). The van der Waals surface area contributed by atoms with Crippen molar-refractivity contribution in [1.29, 1.82) is 0 Å². The zero-order valence-electron chi connectivity index (χ0n) is 12.4. The smallest absolute Gasteiger partial charge is 0.224 e. The van der Waals surface area contributed by atoms with Gasteiger partial charge in [0.25, 0.3) is 0 Å². The highest BCUT2D eigenvalue weighted by molar-refractivity contribution is 5.79. The molecule has 0 spiro atoms. The van der Waals surface area contributed by atoms with Gasteiger partial charge < -0.3 is 16.0 Å². The maximum Gasteiger partial charge on any atom is 0.224 e. The van der Waals surface area contributed by atoms with Crippen LogP contribution in [0.1, 0.15) is 31.4 Å². The Morgan fingerprint density at radius 1 is 1.30 bits per heavy atom. The van der Waals surface area contributed by atoms with Crippen molar-refractivity contribution in [2.24, 2.45) is 11.7 Å². The molecule has 2 atom stereocenters. The van der Waals surface area contributed by atoms with E-state index in [1.165, 1.54) is 0 Å². The van der Waals surface area contributed by atoms with Gasteiger partial charge >= 0.3 is 0 Å². The molecule has 0 saturated carbocycles. The Morgan fingerprint density at radius 2 is 1.90 bits per heavy atom. The Labute approximate surface area is 121 Å². The third-order valence-electron chi connectivity index (χ3n) is 4.20. The maximum atomic E-state index is 12.3. The highest BCUT2D eigenvalue weighted by Gasteiger charge is 2.25. The van der Waals surface area contributed by atoms with Gasteiger partial charge in [0.05, 0.1) is 5.92 Å². The van der Waals surface area contributed by atoms with Crippen molar-refractivity contribution in [3.05, 3.63) is 35.9 Å². The average Bonchev–Trinajstić information content (AvgIpc) is 2.49. The van der Waals surface area contributed by atoms with Crippen LogP contribution in [-0.4, -0.2) is 37.0 Å². The van der Waals surface area contributed by atoms with Crippen molar-refractivity contribution in [2.45, 2.75) is 31.8 Å². The summed E-state index contributed by atoms with van der Waals surface area (Å²) in [5.74, 6) is -0.145. The van der Waals surface area contributed by atoms with Crippen molar-refractivity contribution in [3.8, 4) is 0 Å². The topological polar surface area (TPSA) is 58.4 Å². The molecule has 1 aromatic rings. The molecule has 1 aliphatic heterocycles. The summed E-state index contributed by atoms with van der Waals surface area (Å²) in [6.45, 7) is 4.00. The van der Waals surface area contributed by atoms with Crippen LogP contribution in [0.25, 0.3) is 0 Å². The van der Waals surface area contributed by atoms with E-state index in [1.807, 2.05) is 37.3 Å². The molecule has 1 amide bonds. The van der Waals surface area contributed by atoms with E-state index in [2.05, 4.69) is 17.3 Å². The van der Waals surface area contributed by atoms with Gasteiger partial charge in [0.2, 0.25) is 5.91 Å². The molecule has 2 rings (SSSR count). The fourth-order valence-electron chi connectivity index (χ4n) is 2.61. The molecule has 0 aromatic heterocycles. The first kappa shape index (κ1) is 15.0. The van der Waals surface area contributed by atoms with Gasteiger partial charge in [-0.05, 0) is 38.5 Å². The zero-order valence-corrected chi connectivity index (χ0v) is 12.4. The van der Waals surface area contributed by atoms with E-state index in [4.69, 9.17) is 5.73 Å². The number of nitrogens with zero attached hydrogens (tertiary/aromatic N) is 1. The average molecular weight is 275 g/mol. The normalized spacial score (nSPS) is 20.4. The van der Waals surface area contributed by atoms with E-state index in [9.17, 15) is 4.79 Å². The Hall–Kier alpha value is -1.39. The second-order valence-corrected chi connectivity index (χ2v) is 5.81. The first-order valence-electron chi connectivity index (χ1n) is 7.37. The maximum absolute atomic E-state index is 12.3. The molecule has 2 unspecified atom stereocenters. The van der Waals surface area contributed by atoms with E-state index in [0.29, 0.717) is 6.04 Å². The van der Waals surface area contributed by atoms with E-state index < -0.39 is 0 Å². The van der Waals surface area contributed by atoms with Crippen molar-refractivity contribution < 1.29 is 4.79 Å². The number of hydrogen-bond donors (Lipinski definition) is 2. The number of carbonyl (C=O) groups excluding carboxylic acids is 1. The van der Waals surface area contributed by atoms with Crippen molar-refractivity contribution >= 4 is 5.91 Å². The third-order valence-corrected chi connectivity index (χ3v) is 4.20. The first-order chi connectivity index (χ1) is 9.58. The van der Waals surface area contributed by atoms with Gasteiger partial charge in [-0.15, -0.1) is 0 Å². The van der Waals surface area contributed by atoms with Crippen LogP contribution in [-0.2, 0) is 4.79 Å².